The van der Waals surface area contributed by atoms with Gasteiger partial charge in [-0.3, -0.25) is 14.4 Å². The number of rotatable bonds is 51. The zero-order chi connectivity index (χ0) is 56.1. The van der Waals surface area contributed by atoms with Gasteiger partial charge >= 0.3 is 23.9 Å². The van der Waals surface area contributed by atoms with Gasteiger partial charge < -0.3 is 39.0 Å². The molecule has 0 aromatic heterocycles. The fraction of sp³-hybridized carbons (Fsp3) is 0.723. The van der Waals surface area contributed by atoms with E-state index in [2.05, 4.69) is 93.7 Å². The zero-order valence-electron chi connectivity index (χ0n) is 48.4. The summed E-state index contributed by atoms with van der Waals surface area (Å²) in [6.45, 7) is 5.78. The third-order valence-electron chi connectivity index (χ3n) is 13.4. The monoisotopic (exact) mass is 1080 g/mol. The van der Waals surface area contributed by atoms with Gasteiger partial charge in [-0.2, -0.15) is 0 Å². The lowest BCUT2D eigenvalue weighted by molar-refractivity contribution is -0.301. The van der Waals surface area contributed by atoms with Crippen LogP contribution in [0.3, 0.4) is 0 Å². The first kappa shape index (κ1) is 70.9. The van der Waals surface area contributed by atoms with E-state index >= 15 is 0 Å². The fourth-order valence-electron chi connectivity index (χ4n) is 8.76. The summed E-state index contributed by atoms with van der Waals surface area (Å²) in [6.07, 6.45) is 55.7. The van der Waals surface area contributed by atoms with E-state index in [1.807, 2.05) is 12.2 Å². The number of ether oxygens (including phenoxy) is 5. The van der Waals surface area contributed by atoms with E-state index in [4.69, 9.17) is 23.7 Å². The van der Waals surface area contributed by atoms with Crippen molar-refractivity contribution in [2.75, 3.05) is 13.2 Å². The van der Waals surface area contributed by atoms with E-state index < -0.39 is 67.3 Å². The Morgan fingerprint density at radius 1 is 0.442 bits per heavy atom. The van der Waals surface area contributed by atoms with Gasteiger partial charge in [0.2, 0.25) is 0 Å². The van der Waals surface area contributed by atoms with Crippen LogP contribution in [0.5, 0.6) is 0 Å². The Bertz CT molecular complexity index is 1660. The Morgan fingerprint density at radius 2 is 0.844 bits per heavy atom. The van der Waals surface area contributed by atoms with Crippen LogP contribution < -0.4 is 0 Å². The molecule has 1 aliphatic heterocycles. The molecule has 77 heavy (non-hydrogen) atoms. The summed E-state index contributed by atoms with van der Waals surface area (Å²) in [6, 6.07) is 0. The Hall–Kier alpha value is -4.10. The quantitative estimate of drug-likeness (QED) is 0.0228. The van der Waals surface area contributed by atoms with Crippen molar-refractivity contribution in [2.24, 2.45) is 0 Å². The molecule has 6 atom stereocenters. The molecule has 1 aliphatic rings. The van der Waals surface area contributed by atoms with Crippen LogP contribution in [-0.2, 0) is 42.9 Å². The molecule has 12 heteroatoms. The van der Waals surface area contributed by atoms with Crippen LogP contribution in [-0.4, -0.2) is 89.2 Å². The van der Waals surface area contributed by atoms with Crippen molar-refractivity contribution in [2.45, 2.75) is 289 Å². The largest absolute Gasteiger partial charge is 0.479 e. The summed E-state index contributed by atoms with van der Waals surface area (Å²) in [5.41, 5.74) is 0. The highest BCUT2D eigenvalue weighted by molar-refractivity contribution is 5.74. The molecule has 0 aromatic rings. The van der Waals surface area contributed by atoms with E-state index in [1.165, 1.54) is 89.9 Å². The number of aliphatic hydroxyl groups is 2. The normalized spacial score (nSPS) is 18.6. The Kier molecular flexibility index (Phi) is 48.4. The van der Waals surface area contributed by atoms with Gasteiger partial charge in [0.05, 0.1) is 6.61 Å². The number of esters is 3. The van der Waals surface area contributed by atoms with Crippen LogP contribution in [0.4, 0.5) is 0 Å². The molecule has 6 unspecified atom stereocenters. The van der Waals surface area contributed by atoms with Crippen LogP contribution in [0, 0.1) is 0 Å². The number of aliphatic hydroxyl groups excluding tert-OH is 2. The number of carboxylic acids is 1. The van der Waals surface area contributed by atoms with Crippen molar-refractivity contribution in [1.29, 1.82) is 0 Å². The zero-order valence-corrected chi connectivity index (χ0v) is 48.4. The topological polar surface area (TPSA) is 175 Å². The summed E-state index contributed by atoms with van der Waals surface area (Å²) in [5.74, 6) is -3.25. The number of aliphatic carboxylic acids is 1. The summed E-state index contributed by atoms with van der Waals surface area (Å²) >= 11 is 0. The Morgan fingerprint density at radius 3 is 1.34 bits per heavy atom. The van der Waals surface area contributed by atoms with Gasteiger partial charge in [0.25, 0.3) is 0 Å². The van der Waals surface area contributed by atoms with Crippen molar-refractivity contribution in [3.63, 3.8) is 0 Å². The molecule has 0 aromatic carbocycles. The molecule has 0 bridgehead atoms. The van der Waals surface area contributed by atoms with E-state index in [-0.39, 0.29) is 25.9 Å². The maximum absolute atomic E-state index is 13.1. The summed E-state index contributed by atoms with van der Waals surface area (Å²) in [4.78, 5) is 51.1. The lowest BCUT2D eigenvalue weighted by Gasteiger charge is -2.40. The average molecular weight is 1080 g/mol. The third-order valence-corrected chi connectivity index (χ3v) is 13.4. The maximum Gasteiger partial charge on any atom is 0.335 e. The highest BCUT2D eigenvalue weighted by atomic mass is 16.7. The number of allylic oxidation sites excluding steroid dienone is 14. The molecular weight excluding hydrogens is 973 g/mol. The summed E-state index contributed by atoms with van der Waals surface area (Å²) in [7, 11) is 0. The average Bonchev–Trinajstić information content (AvgIpc) is 3.42. The van der Waals surface area contributed by atoms with Gasteiger partial charge in [0.1, 0.15) is 18.8 Å². The molecule has 12 nitrogen and oxygen atoms in total. The summed E-state index contributed by atoms with van der Waals surface area (Å²) in [5, 5.41) is 31.5. The van der Waals surface area contributed by atoms with Gasteiger partial charge in [0.15, 0.2) is 24.6 Å². The van der Waals surface area contributed by atoms with Crippen LogP contribution in [0.2, 0.25) is 0 Å². The molecule has 1 rings (SSSR count). The first-order chi connectivity index (χ1) is 37.6. The van der Waals surface area contributed by atoms with Crippen molar-refractivity contribution in [1.82, 2.24) is 0 Å². The number of carbonyl (C=O) groups excluding carboxylic acids is 3. The molecule has 0 spiro atoms. The highest BCUT2D eigenvalue weighted by Crippen LogP contribution is 2.26. The minimum Gasteiger partial charge on any atom is -0.479 e. The van der Waals surface area contributed by atoms with Crippen molar-refractivity contribution >= 4 is 23.9 Å². The minimum atomic E-state index is -1.92. The molecule has 1 fully saturated rings. The van der Waals surface area contributed by atoms with Gasteiger partial charge in [-0.1, -0.05) is 215 Å². The van der Waals surface area contributed by atoms with Gasteiger partial charge in [-0.25, -0.2) is 4.79 Å². The minimum absolute atomic E-state index is 0.0360. The predicted molar refractivity (Wildman–Crippen MR) is 312 cm³/mol. The molecule has 3 N–H and O–H groups in total. The predicted octanol–water partition coefficient (Wildman–Crippen LogP) is 15.9. The number of hydrogen-bond donors (Lipinski definition) is 3. The fourth-order valence-corrected chi connectivity index (χ4v) is 8.76. The molecule has 1 heterocycles. The maximum atomic E-state index is 13.1. The second-order valence-electron chi connectivity index (χ2n) is 20.6. The third kappa shape index (κ3) is 42.5. The standard InChI is InChI=1S/C65H108O12/c1-4-7-10-13-16-19-22-25-27-28-29-30-32-35-38-41-44-47-50-53-59(68)76-63-61(70)60(69)62(64(71)72)77-65(63)74-55-56(75-58(67)52-49-46-43-40-37-33-24-21-18-15-12-9-6-3)54-73-57(66)51-48-45-42-39-36-34-31-26-23-20-17-14-11-8-5-2/h9,12,17-18,20-21,25-27,31,33,37,43,46,56,60-63,65,69-70H,4-8,10-11,13-16,19,22-24,28-30,32,34-36,38-42,44-45,47-55H2,1-3H3,(H,71,72)/b12-9-,20-17-,21-18-,27-25-,31-26-,37-33-,46-43-. The van der Waals surface area contributed by atoms with Crippen molar-refractivity contribution in [3.8, 4) is 0 Å². The van der Waals surface area contributed by atoms with Crippen LogP contribution in [0.25, 0.3) is 0 Å². The van der Waals surface area contributed by atoms with E-state index in [0.717, 1.165) is 96.3 Å². The smallest absolute Gasteiger partial charge is 0.335 e. The molecule has 0 amide bonds. The molecular formula is C65H108O12. The molecule has 0 aliphatic carbocycles. The van der Waals surface area contributed by atoms with Crippen molar-refractivity contribution in [3.05, 3.63) is 85.1 Å². The van der Waals surface area contributed by atoms with Crippen LogP contribution >= 0.6 is 0 Å². The second-order valence-corrected chi connectivity index (χ2v) is 20.6. The molecule has 440 valence electrons. The SMILES string of the molecule is CC/C=C\C/C=C\C/C=C\C/C=C\CCC(=O)OC(COC(=O)CCCCCCC/C=C\C/C=C\CCCCC)COC1OC(C(=O)O)C(O)C(O)C1OC(=O)CCCCCCCCCCC/C=C\CCCCCCCC. The number of unbranched alkanes of at least 4 members (excludes halogenated alkanes) is 23. The van der Waals surface area contributed by atoms with E-state index in [1.54, 1.807) is 0 Å². The van der Waals surface area contributed by atoms with Crippen molar-refractivity contribution < 1.29 is 58.2 Å². The highest BCUT2D eigenvalue weighted by Gasteiger charge is 2.50. The Balaban J connectivity index is 2.70. The first-order valence-corrected chi connectivity index (χ1v) is 30.6. The molecule has 0 saturated carbocycles. The van der Waals surface area contributed by atoms with Gasteiger partial charge in [0, 0.05) is 19.3 Å². The second kappa shape index (κ2) is 52.6. The number of carbonyl (C=O) groups is 4. The molecule has 1 saturated heterocycles. The van der Waals surface area contributed by atoms with E-state index in [9.17, 15) is 34.5 Å². The van der Waals surface area contributed by atoms with Gasteiger partial charge in [-0.05, 0) is 103 Å². The lowest BCUT2D eigenvalue weighted by Crippen LogP contribution is -2.61. The lowest BCUT2D eigenvalue weighted by atomic mass is 9.98. The Labute approximate surface area is 467 Å². The van der Waals surface area contributed by atoms with Gasteiger partial charge in [-0.15, -0.1) is 0 Å². The summed E-state index contributed by atoms with van der Waals surface area (Å²) < 4.78 is 28.3. The number of hydrogen-bond acceptors (Lipinski definition) is 11. The number of carboxylic acid groups (broad SMARTS) is 1. The molecule has 0 radical (unpaired) electrons. The van der Waals surface area contributed by atoms with Crippen LogP contribution in [0.15, 0.2) is 85.1 Å². The van der Waals surface area contributed by atoms with Crippen LogP contribution in [0.1, 0.15) is 252 Å². The first-order valence-electron chi connectivity index (χ1n) is 30.6. The van der Waals surface area contributed by atoms with E-state index in [0.29, 0.717) is 25.7 Å².